The molecule has 0 aliphatic heterocycles. The highest BCUT2D eigenvalue weighted by Crippen LogP contribution is 2.21. The fourth-order valence-electron chi connectivity index (χ4n) is 0.867. The second-order valence-electron chi connectivity index (χ2n) is 2.07. The van der Waals surface area contributed by atoms with Crippen molar-refractivity contribution in [3.05, 3.63) is 24.3 Å². The Kier molecular flexibility index (Phi) is 5.25. The summed E-state index contributed by atoms with van der Waals surface area (Å²) in [5, 5.41) is 0. The predicted octanol–water partition coefficient (Wildman–Crippen LogP) is 1.79. The standard InChI is InChI=1S/C8H12N2O.ClH/c1-2-11-8-6-4-3-5-7(8)10-9;/h3-6,10H,2,9H2,1H3;1H. The number of hydrazine groups is 1. The molecule has 1 rings (SSSR count). The van der Waals surface area contributed by atoms with Gasteiger partial charge in [0.15, 0.2) is 0 Å². The van der Waals surface area contributed by atoms with Crippen LogP contribution in [-0.2, 0) is 0 Å². The third-order valence-corrected chi connectivity index (χ3v) is 1.34. The summed E-state index contributed by atoms with van der Waals surface area (Å²) in [5.74, 6) is 6.04. The van der Waals surface area contributed by atoms with Gasteiger partial charge >= 0.3 is 0 Å². The molecule has 12 heavy (non-hydrogen) atoms. The van der Waals surface area contributed by atoms with Crippen LogP contribution in [0.2, 0.25) is 0 Å². The number of benzene rings is 1. The van der Waals surface area contributed by atoms with Gasteiger partial charge in [-0.3, -0.25) is 5.84 Å². The van der Waals surface area contributed by atoms with Crippen LogP contribution in [0.4, 0.5) is 5.69 Å². The summed E-state index contributed by atoms with van der Waals surface area (Å²) in [6.45, 7) is 2.59. The second-order valence-corrected chi connectivity index (χ2v) is 2.07. The van der Waals surface area contributed by atoms with Crippen LogP contribution in [0, 0.1) is 0 Å². The lowest BCUT2D eigenvalue weighted by atomic mass is 10.3. The van der Waals surface area contributed by atoms with Crippen LogP contribution in [0.25, 0.3) is 0 Å². The highest BCUT2D eigenvalue weighted by atomic mass is 35.5. The molecule has 1 aromatic carbocycles. The van der Waals surface area contributed by atoms with E-state index in [0.29, 0.717) is 6.61 Å². The number of rotatable bonds is 3. The molecule has 0 radical (unpaired) electrons. The lowest BCUT2D eigenvalue weighted by Gasteiger charge is -2.07. The van der Waals surface area contributed by atoms with Crippen LogP contribution in [0.1, 0.15) is 6.92 Å². The van der Waals surface area contributed by atoms with E-state index in [-0.39, 0.29) is 12.4 Å². The maximum atomic E-state index is 5.29. The summed E-state index contributed by atoms with van der Waals surface area (Å²) in [6.07, 6.45) is 0. The molecule has 1 aromatic rings. The summed E-state index contributed by atoms with van der Waals surface area (Å²) in [6, 6.07) is 7.55. The molecule has 4 heteroatoms. The minimum Gasteiger partial charge on any atom is -0.492 e. The van der Waals surface area contributed by atoms with E-state index in [4.69, 9.17) is 10.6 Å². The van der Waals surface area contributed by atoms with Gasteiger partial charge in [0.2, 0.25) is 0 Å². The lowest BCUT2D eigenvalue weighted by molar-refractivity contribution is 0.342. The van der Waals surface area contributed by atoms with Crippen LogP contribution in [0.5, 0.6) is 5.75 Å². The van der Waals surface area contributed by atoms with Crippen molar-refractivity contribution in [1.82, 2.24) is 0 Å². The molecule has 0 aliphatic carbocycles. The number of para-hydroxylation sites is 2. The van der Waals surface area contributed by atoms with Crippen LogP contribution in [0.15, 0.2) is 24.3 Å². The number of nitrogen functional groups attached to an aromatic ring is 1. The van der Waals surface area contributed by atoms with E-state index in [0.717, 1.165) is 11.4 Å². The fourth-order valence-corrected chi connectivity index (χ4v) is 0.867. The summed E-state index contributed by atoms with van der Waals surface area (Å²) < 4.78 is 5.29. The first-order chi connectivity index (χ1) is 5.38. The molecule has 0 bridgehead atoms. The number of nitrogens with one attached hydrogen (secondary N) is 1. The van der Waals surface area contributed by atoms with Gasteiger partial charge in [-0.25, -0.2) is 0 Å². The average Bonchev–Trinajstić information content (AvgIpc) is 2.06. The molecule has 0 saturated heterocycles. The monoisotopic (exact) mass is 188 g/mol. The van der Waals surface area contributed by atoms with Crippen molar-refractivity contribution in [3.63, 3.8) is 0 Å². The smallest absolute Gasteiger partial charge is 0.143 e. The molecule has 0 aromatic heterocycles. The van der Waals surface area contributed by atoms with E-state index in [1.54, 1.807) is 0 Å². The number of nitrogens with two attached hydrogens (primary N) is 1. The van der Waals surface area contributed by atoms with E-state index in [1.165, 1.54) is 0 Å². The normalized spacial score (nSPS) is 8.50. The fraction of sp³-hybridized carbons (Fsp3) is 0.250. The Morgan fingerprint density at radius 3 is 2.67 bits per heavy atom. The highest BCUT2D eigenvalue weighted by Gasteiger charge is 1.97. The van der Waals surface area contributed by atoms with Gasteiger partial charge in [0.25, 0.3) is 0 Å². The van der Waals surface area contributed by atoms with Gasteiger partial charge < -0.3 is 10.2 Å². The zero-order chi connectivity index (χ0) is 8.10. The molecule has 0 aliphatic rings. The van der Waals surface area contributed by atoms with Gasteiger partial charge in [-0.2, -0.15) is 0 Å². The van der Waals surface area contributed by atoms with Crippen molar-refractivity contribution < 1.29 is 4.74 Å². The SMILES string of the molecule is CCOc1ccccc1NN.Cl. The molecule has 0 fully saturated rings. The number of hydrogen-bond acceptors (Lipinski definition) is 3. The van der Waals surface area contributed by atoms with Crippen molar-refractivity contribution in [2.75, 3.05) is 12.0 Å². The quantitative estimate of drug-likeness (QED) is 0.562. The molecule has 0 amide bonds. The summed E-state index contributed by atoms with van der Waals surface area (Å²) >= 11 is 0. The molecule has 0 spiro atoms. The zero-order valence-corrected chi connectivity index (χ0v) is 7.73. The lowest BCUT2D eigenvalue weighted by Crippen LogP contribution is -2.08. The molecule has 0 heterocycles. The second kappa shape index (κ2) is 5.69. The van der Waals surface area contributed by atoms with Gasteiger partial charge in [-0.1, -0.05) is 12.1 Å². The average molecular weight is 189 g/mol. The minimum atomic E-state index is 0. The molecule has 0 unspecified atom stereocenters. The van der Waals surface area contributed by atoms with E-state index in [1.807, 2.05) is 31.2 Å². The Balaban J connectivity index is 0.00000121. The summed E-state index contributed by atoms with van der Waals surface area (Å²) in [7, 11) is 0. The van der Waals surface area contributed by atoms with E-state index in [2.05, 4.69) is 5.43 Å². The summed E-state index contributed by atoms with van der Waals surface area (Å²) in [4.78, 5) is 0. The first-order valence-corrected chi connectivity index (χ1v) is 3.57. The number of ether oxygens (including phenoxy) is 1. The number of anilines is 1. The zero-order valence-electron chi connectivity index (χ0n) is 6.91. The molecule has 3 N–H and O–H groups in total. The van der Waals surface area contributed by atoms with Gasteiger partial charge in [-0.15, -0.1) is 12.4 Å². The van der Waals surface area contributed by atoms with Gasteiger partial charge in [0.05, 0.1) is 12.3 Å². The first kappa shape index (κ1) is 11.1. The van der Waals surface area contributed by atoms with Crippen molar-refractivity contribution in [1.29, 1.82) is 0 Å². The van der Waals surface area contributed by atoms with Crippen LogP contribution in [-0.4, -0.2) is 6.61 Å². The van der Waals surface area contributed by atoms with Gasteiger partial charge in [0, 0.05) is 0 Å². The first-order valence-electron chi connectivity index (χ1n) is 3.57. The topological polar surface area (TPSA) is 47.3 Å². The Morgan fingerprint density at radius 1 is 1.42 bits per heavy atom. The van der Waals surface area contributed by atoms with E-state index < -0.39 is 0 Å². The third-order valence-electron chi connectivity index (χ3n) is 1.34. The number of hydrogen-bond donors (Lipinski definition) is 2. The minimum absolute atomic E-state index is 0. The van der Waals surface area contributed by atoms with E-state index in [9.17, 15) is 0 Å². The third kappa shape index (κ3) is 2.60. The van der Waals surface area contributed by atoms with Crippen LogP contribution in [0.3, 0.4) is 0 Å². The largest absolute Gasteiger partial charge is 0.492 e. The Morgan fingerprint density at radius 2 is 2.08 bits per heavy atom. The van der Waals surface area contributed by atoms with Crippen molar-refractivity contribution >= 4 is 18.1 Å². The van der Waals surface area contributed by atoms with Gasteiger partial charge in [0.1, 0.15) is 5.75 Å². The Bertz CT molecular complexity index is 230. The molecular weight excluding hydrogens is 176 g/mol. The number of halogens is 1. The molecular formula is C8H13ClN2O. The molecule has 68 valence electrons. The molecule has 0 atom stereocenters. The Hall–Kier alpha value is -0.930. The highest BCUT2D eigenvalue weighted by molar-refractivity contribution is 5.85. The van der Waals surface area contributed by atoms with Gasteiger partial charge in [-0.05, 0) is 19.1 Å². The summed E-state index contributed by atoms with van der Waals surface area (Å²) in [5.41, 5.74) is 3.37. The molecule has 0 saturated carbocycles. The predicted molar refractivity (Wildman–Crippen MR) is 52.7 cm³/mol. The Labute approximate surface area is 78.3 Å². The van der Waals surface area contributed by atoms with E-state index >= 15 is 0 Å². The maximum Gasteiger partial charge on any atom is 0.143 e. The van der Waals surface area contributed by atoms with Crippen LogP contribution < -0.4 is 16.0 Å². The molecule has 3 nitrogen and oxygen atoms in total. The maximum absolute atomic E-state index is 5.29. The van der Waals surface area contributed by atoms with Crippen molar-refractivity contribution in [3.8, 4) is 5.75 Å². The van der Waals surface area contributed by atoms with Crippen molar-refractivity contribution in [2.45, 2.75) is 6.92 Å². The van der Waals surface area contributed by atoms with Crippen molar-refractivity contribution in [2.24, 2.45) is 5.84 Å². The van der Waals surface area contributed by atoms with Crippen LogP contribution >= 0.6 is 12.4 Å².